The van der Waals surface area contributed by atoms with Crippen molar-refractivity contribution in [2.75, 3.05) is 0 Å². The average molecular weight is 680 g/mol. The van der Waals surface area contributed by atoms with Crippen LogP contribution in [0.15, 0.2) is 0 Å². The molecule has 0 radical (unpaired) electrons. The predicted molar refractivity (Wildman–Crippen MR) is 79.9 cm³/mol. The van der Waals surface area contributed by atoms with Gasteiger partial charge in [0.05, 0.1) is 0 Å². The molecule has 0 aromatic heterocycles. The molecule has 0 aliphatic rings. The molecule has 0 aromatic rings. The van der Waals surface area contributed by atoms with Crippen molar-refractivity contribution >= 4 is 35.8 Å². The fourth-order valence-electron chi connectivity index (χ4n) is 0. The van der Waals surface area contributed by atoms with Gasteiger partial charge >= 0.3 is 0 Å². The molecule has 0 saturated carbocycles. The first-order chi connectivity index (χ1) is 10.4. The molecule has 0 amide bonds. The Bertz CT molecular complexity index is 269. The summed E-state index contributed by atoms with van der Waals surface area (Å²) in [4.78, 5) is 54.0. The van der Waals surface area contributed by atoms with Crippen LogP contribution in [0.4, 0.5) is 0 Å². The van der Waals surface area contributed by atoms with E-state index in [1.807, 2.05) is 0 Å². The van der Waals surface area contributed by atoms with E-state index in [1.54, 1.807) is 0 Å². The zero-order chi connectivity index (χ0) is 21.5. The molecule has 0 rings (SSSR count). The van der Waals surface area contributed by atoms with Crippen LogP contribution < -0.4 is 0 Å². The number of carbonyl (C=O) groups is 6. The summed E-state index contributed by atoms with van der Waals surface area (Å²) in [5, 5.41) is 44.5. The van der Waals surface area contributed by atoms with Gasteiger partial charge in [0.2, 0.25) is 0 Å². The number of rotatable bonds is 0. The van der Waals surface area contributed by atoms with Crippen LogP contribution in [0.1, 0.15) is 41.5 Å². The monoisotopic (exact) mass is 678 g/mol. The summed E-state index contributed by atoms with van der Waals surface area (Å²) >= 11 is 0. The first-order valence-electron chi connectivity index (χ1n) is 5.57. The number of carboxylic acids is 6. The van der Waals surface area contributed by atoms with E-state index < -0.39 is 35.8 Å². The number of hydrogen-bond acceptors (Lipinski definition) is 6. The molecule has 0 aliphatic carbocycles. The van der Waals surface area contributed by atoms with E-state index in [1.165, 1.54) is 0 Å². The van der Waals surface area contributed by atoms with Crippen molar-refractivity contribution in [2.24, 2.45) is 0 Å². The molecule has 6 N–H and O–H groups in total. The summed E-state index contributed by atoms with van der Waals surface area (Å²) in [6.45, 7) is 6.50. The summed E-state index contributed by atoms with van der Waals surface area (Å²) in [5.41, 5.74) is 0. The molecule has 0 saturated heterocycles. The van der Waals surface area contributed by atoms with Crippen LogP contribution in [-0.2, 0) is 90.0 Å². The van der Waals surface area contributed by atoms with Crippen molar-refractivity contribution in [2.45, 2.75) is 41.5 Å². The maximum absolute atomic E-state index is 9.00. The van der Waals surface area contributed by atoms with Gasteiger partial charge in [-0.15, -0.1) is 0 Å². The van der Waals surface area contributed by atoms with Crippen molar-refractivity contribution < 1.29 is 121 Å². The molecule has 0 fully saturated rings. The molecule has 0 spiro atoms. The quantitative estimate of drug-likeness (QED) is 0.193. The van der Waals surface area contributed by atoms with Crippen molar-refractivity contribution in [3.63, 3.8) is 0 Å². The third kappa shape index (κ3) is 9070. The van der Waals surface area contributed by atoms with Crippen LogP contribution in [0.5, 0.6) is 0 Å². The Labute approximate surface area is 197 Å². The van der Waals surface area contributed by atoms with Gasteiger partial charge in [-0.2, -0.15) is 0 Å². The van der Waals surface area contributed by atoms with Crippen LogP contribution in [0.3, 0.4) is 0 Å². The SMILES string of the molecule is CC(=O)O.CC(=O)O.CC(=O)O.CC(=O)O.CC(=O)O.CC(=O)O.[Pd].[Pd].[Pd]. The topological polar surface area (TPSA) is 224 Å². The molecule has 0 atom stereocenters. The van der Waals surface area contributed by atoms with Gasteiger partial charge in [0.15, 0.2) is 0 Å². The second kappa shape index (κ2) is 49.8. The van der Waals surface area contributed by atoms with Gasteiger partial charge in [-0.1, -0.05) is 0 Å². The van der Waals surface area contributed by atoms with Gasteiger partial charge in [-0.05, 0) is 0 Å². The molecule has 12 nitrogen and oxygen atoms in total. The molecule has 0 unspecified atom stereocenters. The smallest absolute Gasteiger partial charge is 0.300 e. The van der Waals surface area contributed by atoms with E-state index in [-0.39, 0.29) is 61.3 Å². The van der Waals surface area contributed by atoms with E-state index in [2.05, 4.69) is 0 Å². The molecule has 0 bridgehead atoms. The maximum Gasteiger partial charge on any atom is 0.300 e. The number of hydrogen-bond donors (Lipinski definition) is 6. The molecule has 174 valence electrons. The van der Waals surface area contributed by atoms with E-state index in [9.17, 15) is 0 Å². The predicted octanol–water partition coefficient (Wildman–Crippen LogP) is 0.538. The second-order valence-electron chi connectivity index (χ2n) is 3.11. The summed E-state index contributed by atoms with van der Waals surface area (Å²) in [6, 6.07) is 0. The van der Waals surface area contributed by atoms with E-state index in [0.717, 1.165) is 41.5 Å². The largest absolute Gasteiger partial charge is 0.481 e. The van der Waals surface area contributed by atoms with Gasteiger partial charge in [-0.25, -0.2) is 0 Å². The Morgan fingerprint density at radius 3 is 0.333 bits per heavy atom. The van der Waals surface area contributed by atoms with E-state index >= 15 is 0 Å². The maximum atomic E-state index is 9.00. The molecule has 0 heterocycles. The normalized spacial score (nSPS) is 5.56. The molecule has 15 heteroatoms. The van der Waals surface area contributed by atoms with E-state index in [0.29, 0.717) is 0 Å². The second-order valence-corrected chi connectivity index (χ2v) is 3.11. The molecule has 27 heavy (non-hydrogen) atoms. The minimum absolute atomic E-state index is 0. The average Bonchev–Trinajstić information content (AvgIpc) is 2.08. The van der Waals surface area contributed by atoms with Crippen molar-refractivity contribution in [1.82, 2.24) is 0 Å². The Morgan fingerprint density at radius 2 is 0.333 bits per heavy atom. The number of aliphatic carboxylic acids is 6. The van der Waals surface area contributed by atoms with Gasteiger partial charge in [0.25, 0.3) is 35.8 Å². The summed E-state index contributed by atoms with van der Waals surface area (Å²) in [7, 11) is 0. The van der Waals surface area contributed by atoms with Crippen LogP contribution in [0, 0.1) is 0 Å². The fraction of sp³-hybridized carbons (Fsp3) is 0.500. The summed E-state index contributed by atoms with van der Waals surface area (Å²) in [6.07, 6.45) is 0. The van der Waals surface area contributed by atoms with Crippen LogP contribution in [0.2, 0.25) is 0 Å². The van der Waals surface area contributed by atoms with Crippen molar-refractivity contribution in [3.05, 3.63) is 0 Å². The van der Waals surface area contributed by atoms with Crippen LogP contribution in [0.25, 0.3) is 0 Å². The molecule has 0 aromatic carbocycles. The Hall–Kier alpha value is -1.19. The van der Waals surface area contributed by atoms with Gasteiger partial charge in [-0.3, -0.25) is 28.8 Å². The third-order valence-electron chi connectivity index (χ3n) is 0. The minimum atomic E-state index is -0.833. The standard InChI is InChI=1S/6C2H4O2.3Pd/c6*1-2(3)4;;;/h6*1H3,(H,3,4);;;. The van der Waals surface area contributed by atoms with Crippen LogP contribution >= 0.6 is 0 Å². The summed E-state index contributed by atoms with van der Waals surface area (Å²) in [5.74, 6) is -5.00. The third-order valence-corrected chi connectivity index (χ3v) is 0. The first kappa shape index (κ1) is 56.2. The zero-order valence-electron chi connectivity index (χ0n) is 15.1. The Kier molecular flexibility index (Phi) is 104. The van der Waals surface area contributed by atoms with Gasteiger partial charge < -0.3 is 30.6 Å². The first-order valence-corrected chi connectivity index (χ1v) is 5.57. The molecular formula is C12H24O12Pd3. The summed E-state index contributed by atoms with van der Waals surface area (Å²) < 4.78 is 0. The van der Waals surface area contributed by atoms with Crippen LogP contribution in [-0.4, -0.2) is 66.5 Å². The van der Waals surface area contributed by atoms with Gasteiger partial charge in [0, 0.05) is 103 Å². The van der Waals surface area contributed by atoms with Gasteiger partial charge in [0.1, 0.15) is 0 Å². The Balaban J connectivity index is -0.0000000201. The Morgan fingerprint density at radius 1 is 0.333 bits per heavy atom. The minimum Gasteiger partial charge on any atom is -0.481 e. The molecular weight excluding hydrogens is 655 g/mol. The number of carboxylic acid groups (broad SMARTS) is 6. The fourth-order valence-corrected chi connectivity index (χ4v) is 0. The van der Waals surface area contributed by atoms with E-state index in [4.69, 9.17) is 59.4 Å². The molecule has 0 aliphatic heterocycles. The van der Waals surface area contributed by atoms with Crippen molar-refractivity contribution in [1.29, 1.82) is 0 Å². The van der Waals surface area contributed by atoms with Crippen molar-refractivity contribution in [3.8, 4) is 0 Å². The zero-order valence-corrected chi connectivity index (χ0v) is 19.7.